The topological polar surface area (TPSA) is 0 Å². The van der Waals surface area contributed by atoms with Crippen LogP contribution in [0.5, 0.6) is 0 Å². The minimum atomic E-state index is -2.68. The van der Waals surface area contributed by atoms with Gasteiger partial charge in [-0.25, -0.2) is 0 Å². The van der Waals surface area contributed by atoms with Gasteiger partial charge in [0.2, 0.25) is 0 Å². The average Bonchev–Trinajstić information content (AvgIpc) is 2.78. The molecule has 0 spiro atoms. The first kappa shape index (κ1) is 18.7. The van der Waals surface area contributed by atoms with Gasteiger partial charge in [-0.2, -0.15) is 0 Å². The third-order valence-corrected chi connectivity index (χ3v) is 12.3. The summed E-state index contributed by atoms with van der Waals surface area (Å²) < 4.78 is 0.257. The van der Waals surface area contributed by atoms with E-state index in [1.807, 2.05) is 0 Å². The molecule has 24 heavy (non-hydrogen) atoms. The van der Waals surface area contributed by atoms with Gasteiger partial charge in [0.25, 0.3) is 0 Å². The zero-order valence-corrected chi connectivity index (χ0v) is 20.4. The first-order valence-electron chi connectivity index (χ1n) is 8.47. The molecule has 0 aliphatic heterocycles. The molecule has 0 fully saturated rings. The average molecular weight is 527 g/mol. The Morgan fingerprint density at radius 1 is 0.708 bits per heavy atom. The Bertz CT molecular complexity index is 716. The second kappa shape index (κ2) is 6.25. The number of hydrogen-bond acceptors (Lipinski definition) is 0. The molecule has 1 aliphatic carbocycles. The summed E-state index contributed by atoms with van der Waals surface area (Å²) in [5.41, 5.74) is 8.35. The van der Waals surface area contributed by atoms with Gasteiger partial charge < -0.3 is 0 Å². The second-order valence-electron chi connectivity index (χ2n) is 8.83. The van der Waals surface area contributed by atoms with Crippen LogP contribution in [0.1, 0.15) is 67.5 Å². The molecule has 0 amide bonds. The molecule has 0 radical (unpaired) electrons. The van der Waals surface area contributed by atoms with Crippen LogP contribution in [0, 0.1) is 0 Å². The van der Waals surface area contributed by atoms with Crippen LogP contribution in [0.4, 0.5) is 0 Å². The molecule has 1 aliphatic rings. The third-order valence-electron chi connectivity index (χ3n) is 4.97. The van der Waals surface area contributed by atoms with Crippen LogP contribution >= 0.6 is 17.2 Å². The molecule has 0 bridgehead atoms. The van der Waals surface area contributed by atoms with Gasteiger partial charge in [-0.15, -0.1) is 0 Å². The summed E-state index contributed by atoms with van der Waals surface area (Å²) >= 11 is -2.68. The minimum absolute atomic E-state index is 0.134. The van der Waals surface area contributed by atoms with Crippen molar-refractivity contribution in [2.45, 2.75) is 56.0 Å². The quantitative estimate of drug-likeness (QED) is 0.343. The molecule has 0 N–H and O–H groups in total. The van der Waals surface area contributed by atoms with Crippen molar-refractivity contribution in [2.24, 2.45) is 0 Å². The van der Waals surface area contributed by atoms with Gasteiger partial charge >= 0.3 is 162 Å². The Balaban J connectivity index is 2.21. The predicted molar refractivity (Wildman–Crippen MR) is 103 cm³/mol. The van der Waals surface area contributed by atoms with Gasteiger partial charge in [0.1, 0.15) is 0 Å². The Labute approximate surface area is 161 Å². The monoisotopic (exact) mass is 527 g/mol. The van der Waals surface area contributed by atoms with E-state index >= 15 is 0 Å². The van der Waals surface area contributed by atoms with Crippen molar-refractivity contribution < 1.29 is 19.1 Å². The molecule has 0 heterocycles. The van der Waals surface area contributed by atoms with Crippen molar-refractivity contribution >= 4 is 17.2 Å². The van der Waals surface area contributed by atoms with Gasteiger partial charge in [0.05, 0.1) is 0 Å². The van der Waals surface area contributed by atoms with Crippen molar-refractivity contribution in [3.8, 4) is 11.1 Å². The predicted octanol–water partition coefficient (Wildman–Crippen LogP) is 7.28. The molecular weight excluding hydrogens is 502 g/mol. The zero-order valence-electron chi connectivity index (χ0n) is 15.3. The van der Waals surface area contributed by atoms with Crippen molar-refractivity contribution in [2.75, 3.05) is 0 Å². The maximum atomic E-state index is 6.65. The van der Waals surface area contributed by atoms with Gasteiger partial charge in [0.15, 0.2) is 0 Å². The number of fused-ring (bicyclic) bond motifs is 3. The van der Waals surface area contributed by atoms with E-state index in [1.54, 1.807) is 0 Å². The maximum absolute atomic E-state index is 6.65. The fourth-order valence-corrected chi connectivity index (χ4v) is 10.7. The molecule has 3 heteroatoms. The van der Waals surface area contributed by atoms with Crippen LogP contribution in [-0.2, 0) is 29.9 Å². The van der Waals surface area contributed by atoms with Crippen molar-refractivity contribution in [3.05, 3.63) is 58.7 Å². The fourth-order valence-electron chi connectivity index (χ4n) is 3.43. The van der Waals surface area contributed by atoms with Crippen LogP contribution in [0.25, 0.3) is 11.1 Å². The summed E-state index contributed by atoms with van der Waals surface area (Å²) in [5.74, 6) is 0. The normalized spacial score (nSPS) is 14.5. The first-order valence-corrected chi connectivity index (χ1v) is 19.4. The van der Waals surface area contributed by atoms with E-state index in [4.69, 9.17) is 17.2 Å². The number of hydrogen-bond donors (Lipinski definition) is 0. The number of benzene rings is 2. The Morgan fingerprint density at radius 2 is 1.08 bits per heavy atom. The van der Waals surface area contributed by atoms with Gasteiger partial charge in [-0.1, -0.05) is 0 Å². The van der Waals surface area contributed by atoms with E-state index in [0.717, 1.165) is 0 Å². The van der Waals surface area contributed by atoms with Gasteiger partial charge in [-0.05, 0) is 0 Å². The molecule has 3 rings (SSSR count). The van der Waals surface area contributed by atoms with Crippen LogP contribution < -0.4 is 0 Å². The second-order valence-corrected chi connectivity index (χ2v) is 21.2. The van der Waals surface area contributed by atoms with Crippen molar-refractivity contribution in [1.29, 1.82) is 0 Å². The molecule has 0 saturated heterocycles. The Hall–Kier alpha value is -0.110. The van der Waals surface area contributed by atoms with E-state index in [1.165, 1.54) is 33.4 Å². The van der Waals surface area contributed by atoms with E-state index in [9.17, 15) is 0 Å². The van der Waals surface area contributed by atoms with Gasteiger partial charge in [-0.3, -0.25) is 0 Å². The summed E-state index contributed by atoms with van der Waals surface area (Å²) in [5, 5.41) is 0. The van der Waals surface area contributed by atoms with Gasteiger partial charge in [0, 0.05) is 0 Å². The van der Waals surface area contributed by atoms with Crippen LogP contribution in [0.15, 0.2) is 36.4 Å². The summed E-state index contributed by atoms with van der Waals surface area (Å²) in [4.78, 5) is 0. The molecule has 0 atom stereocenters. The molecule has 0 unspecified atom stereocenters. The van der Waals surface area contributed by atoms with Crippen molar-refractivity contribution in [3.63, 3.8) is 0 Å². The van der Waals surface area contributed by atoms with E-state index in [0.29, 0.717) is 0 Å². The summed E-state index contributed by atoms with van der Waals surface area (Å²) in [6, 6.07) is 13.8. The molecule has 2 aromatic carbocycles. The standard InChI is InChI=1S/C21H25.2ClH.Hf/c1-20(2,3)16-7-9-18-14(12-16)11-15-13-17(21(4,5)6)8-10-19(15)18;;;/h7-13H,1-6H3;2*1H;/q;;;+2/p-2. The molecule has 0 nitrogen and oxygen atoms in total. The number of halogens is 2. The van der Waals surface area contributed by atoms with Crippen molar-refractivity contribution in [1.82, 2.24) is 0 Å². The summed E-state index contributed by atoms with van der Waals surface area (Å²) in [6.07, 6.45) is 0. The summed E-state index contributed by atoms with van der Waals surface area (Å²) in [6.45, 7) is 13.5. The zero-order chi connectivity index (χ0) is 17.9. The van der Waals surface area contributed by atoms with E-state index < -0.39 is 19.1 Å². The molecule has 0 saturated carbocycles. The van der Waals surface area contributed by atoms with E-state index in [2.05, 4.69) is 77.9 Å². The molecule has 127 valence electrons. The van der Waals surface area contributed by atoms with E-state index in [-0.39, 0.29) is 14.5 Å². The Morgan fingerprint density at radius 3 is 1.38 bits per heavy atom. The molecule has 0 aromatic heterocycles. The van der Waals surface area contributed by atoms with Crippen LogP contribution in [0.2, 0.25) is 0 Å². The molecular formula is C21H25Cl2Hf. The molecule has 2 aromatic rings. The van der Waals surface area contributed by atoms with Crippen LogP contribution in [-0.4, -0.2) is 0 Å². The third kappa shape index (κ3) is 3.29. The first-order chi connectivity index (χ1) is 11.0. The van der Waals surface area contributed by atoms with Crippen LogP contribution in [0.3, 0.4) is 0 Å². The fraction of sp³-hybridized carbons (Fsp3) is 0.429. The summed E-state index contributed by atoms with van der Waals surface area (Å²) in [7, 11) is 13.3. The SMILES string of the molecule is CC(C)(C)c1ccc2c(c1)[CH]([Hf]([Cl])[Cl])c1cc(C(C)(C)C)ccc1-2. The Kier molecular flexibility index (Phi) is 4.86. The number of rotatable bonds is 1.